The van der Waals surface area contributed by atoms with Gasteiger partial charge in [-0.05, 0) is 70.1 Å². The average Bonchev–Trinajstić information content (AvgIpc) is 2.45. The number of nitrogens with zero attached hydrogens (tertiary/aromatic N) is 1. The molecule has 0 saturated carbocycles. The monoisotopic (exact) mass is 310 g/mol. The molecule has 0 aromatic heterocycles. The van der Waals surface area contributed by atoms with Gasteiger partial charge >= 0.3 is 0 Å². The zero-order valence-electron chi connectivity index (χ0n) is 13.2. The van der Waals surface area contributed by atoms with E-state index in [-0.39, 0.29) is 6.04 Å². The van der Waals surface area contributed by atoms with Crippen LogP contribution in [0.5, 0.6) is 0 Å². The Morgan fingerprint density at radius 1 is 1.24 bits per heavy atom. The van der Waals surface area contributed by atoms with E-state index in [1.807, 2.05) is 12.1 Å². The largest absolute Gasteiger partial charge is 0.310 e. The van der Waals surface area contributed by atoms with Crippen LogP contribution in [-0.2, 0) is 9.84 Å². The highest BCUT2D eigenvalue weighted by Gasteiger charge is 2.17. The van der Waals surface area contributed by atoms with Crippen LogP contribution in [0.25, 0.3) is 0 Å². The van der Waals surface area contributed by atoms with E-state index in [9.17, 15) is 8.42 Å². The van der Waals surface area contributed by atoms with Gasteiger partial charge < -0.3 is 10.2 Å². The highest BCUT2D eigenvalue weighted by atomic mass is 32.2. The third-order valence-electron chi connectivity index (χ3n) is 4.36. The number of hydrogen-bond donors (Lipinski definition) is 1. The molecule has 4 nitrogen and oxygen atoms in total. The minimum absolute atomic E-state index is 0.248. The highest BCUT2D eigenvalue weighted by molar-refractivity contribution is 7.90. The lowest BCUT2D eigenvalue weighted by atomic mass is 9.96. The van der Waals surface area contributed by atoms with Gasteiger partial charge in [-0.1, -0.05) is 12.1 Å². The van der Waals surface area contributed by atoms with Gasteiger partial charge in [-0.15, -0.1) is 0 Å². The first kappa shape index (κ1) is 16.5. The van der Waals surface area contributed by atoms with Gasteiger partial charge in [0, 0.05) is 12.3 Å². The fraction of sp³-hybridized carbons (Fsp3) is 0.625. The molecule has 1 fully saturated rings. The van der Waals surface area contributed by atoms with E-state index in [0.29, 0.717) is 4.90 Å². The summed E-state index contributed by atoms with van der Waals surface area (Å²) in [5, 5.41) is 3.57. The summed E-state index contributed by atoms with van der Waals surface area (Å²) in [5.41, 5.74) is 1.13. The minimum Gasteiger partial charge on any atom is -0.310 e. The smallest absolute Gasteiger partial charge is 0.175 e. The Labute approximate surface area is 128 Å². The summed E-state index contributed by atoms with van der Waals surface area (Å²) in [6.45, 7) is 5.53. The topological polar surface area (TPSA) is 49.4 Å². The molecule has 0 bridgehead atoms. The minimum atomic E-state index is -3.10. The molecule has 118 valence electrons. The molecule has 5 heteroatoms. The third kappa shape index (κ3) is 4.80. The molecule has 0 radical (unpaired) electrons. The zero-order valence-corrected chi connectivity index (χ0v) is 14.0. The third-order valence-corrected chi connectivity index (χ3v) is 5.49. The van der Waals surface area contributed by atoms with Crippen LogP contribution in [0.15, 0.2) is 29.2 Å². The summed E-state index contributed by atoms with van der Waals surface area (Å²) in [6, 6.07) is 7.45. The molecule has 0 spiro atoms. The molecule has 1 aromatic carbocycles. The van der Waals surface area contributed by atoms with Crippen molar-refractivity contribution < 1.29 is 8.42 Å². The van der Waals surface area contributed by atoms with Crippen molar-refractivity contribution in [3.63, 3.8) is 0 Å². The number of piperidine rings is 1. The number of likely N-dealkylation sites (tertiary alicyclic amines) is 1. The molecule has 1 atom stereocenters. The predicted molar refractivity (Wildman–Crippen MR) is 86.2 cm³/mol. The highest BCUT2D eigenvalue weighted by Crippen LogP contribution is 2.19. The van der Waals surface area contributed by atoms with Crippen LogP contribution in [0.2, 0.25) is 0 Å². The van der Waals surface area contributed by atoms with E-state index in [0.717, 1.165) is 18.0 Å². The molecule has 1 unspecified atom stereocenters. The molecule has 1 aliphatic rings. The van der Waals surface area contributed by atoms with Crippen LogP contribution in [0.1, 0.15) is 31.4 Å². The van der Waals surface area contributed by atoms with Crippen LogP contribution in [0.4, 0.5) is 0 Å². The van der Waals surface area contributed by atoms with Gasteiger partial charge in [0.15, 0.2) is 9.84 Å². The van der Waals surface area contributed by atoms with E-state index < -0.39 is 9.84 Å². The molecule has 21 heavy (non-hydrogen) atoms. The fourth-order valence-corrected chi connectivity index (χ4v) is 3.36. The van der Waals surface area contributed by atoms with Crippen molar-refractivity contribution in [2.75, 3.05) is 32.9 Å². The maximum absolute atomic E-state index is 11.5. The molecule has 0 aliphatic carbocycles. The summed E-state index contributed by atoms with van der Waals surface area (Å²) in [5.74, 6) is 0.749. The quantitative estimate of drug-likeness (QED) is 0.905. The van der Waals surface area contributed by atoms with Gasteiger partial charge in [0.05, 0.1) is 4.90 Å². The van der Waals surface area contributed by atoms with Crippen molar-refractivity contribution in [2.24, 2.45) is 5.92 Å². The van der Waals surface area contributed by atoms with E-state index in [4.69, 9.17) is 0 Å². The fourth-order valence-electron chi connectivity index (χ4n) is 2.73. The molecular weight excluding hydrogens is 284 g/mol. The Balaban J connectivity index is 1.87. The van der Waals surface area contributed by atoms with Crippen LogP contribution in [0.3, 0.4) is 0 Å². The average molecular weight is 310 g/mol. The normalized spacial score (nSPS) is 19.6. The Kier molecular flexibility index (Phi) is 5.41. The maximum atomic E-state index is 11.5. The van der Waals surface area contributed by atoms with Gasteiger partial charge in [0.2, 0.25) is 0 Å². The summed E-state index contributed by atoms with van der Waals surface area (Å²) in [4.78, 5) is 2.76. The van der Waals surface area contributed by atoms with Crippen molar-refractivity contribution in [2.45, 2.75) is 30.7 Å². The Morgan fingerprint density at radius 2 is 1.81 bits per heavy atom. The first-order valence-corrected chi connectivity index (χ1v) is 9.47. The predicted octanol–water partition coefficient (Wildman–Crippen LogP) is 2.08. The summed E-state index contributed by atoms with van der Waals surface area (Å²) < 4.78 is 22.9. The van der Waals surface area contributed by atoms with Crippen molar-refractivity contribution in [1.29, 1.82) is 0 Å². The summed E-state index contributed by atoms with van der Waals surface area (Å²) in [6.07, 6.45) is 3.75. The van der Waals surface area contributed by atoms with E-state index in [1.54, 1.807) is 12.1 Å². The first-order valence-electron chi connectivity index (χ1n) is 7.58. The van der Waals surface area contributed by atoms with Gasteiger partial charge in [-0.3, -0.25) is 0 Å². The van der Waals surface area contributed by atoms with Crippen LogP contribution < -0.4 is 5.32 Å². The number of nitrogens with one attached hydrogen (secondary N) is 1. The number of hydrogen-bond acceptors (Lipinski definition) is 4. The lowest BCUT2D eigenvalue weighted by Crippen LogP contribution is -2.35. The summed E-state index contributed by atoms with van der Waals surface area (Å²) in [7, 11) is -0.929. The van der Waals surface area contributed by atoms with Crippen LogP contribution in [0, 0.1) is 5.92 Å². The second-order valence-electron chi connectivity index (χ2n) is 6.22. The van der Waals surface area contributed by atoms with Gasteiger partial charge in [0.25, 0.3) is 0 Å². The van der Waals surface area contributed by atoms with Gasteiger partial charge in [0.1, 0.15) is 0 Å². The Hall–Kier alpha value is -0.910. The maximum Gasteiger partial charge on any atom is 0.175 e. The van der Waals surface area contributed by atoms with Crippen LogP contribution in [-0.4, -0.2) is 46.3 Å². The lowest BCUT2D eigenvalue weighted by Gasteiger charge is -2.30. The summed E-state index contributed by atoms with van der Waals surface area (Å²) >= 11 is 0. The van der Waals surface area contributed by atoms with E-state index in [2.05, 4.69) is 24.2 Å². The molecule has 1 aromatic rings. The molecule has 1 aliphatic heterocycles. The SMILES string of the molecule is CC(NCC1CCN(C)CC1)c1ccc(S(C)(=O)=O)cc1. The lowest BCUT2D eigenvalue weighted by molar-refractivity contribution is 0.213. The Bertz CT molecular complexity index is 546. The van der Waals surface area contributed by atoms with E-state index >= 15 is 0 Å². The van der Waals surface area contributed by atoms with Crippen LogP contribution >= 0.6 is 0 Å². The van der Waals surface area contributed by atoms with Gasteiger partial charge in [-0.2, -0.15) is 0 Å². The van der Waals surface area contributed by atoms with Crippen molar-refractivity contribution >= 4 is 9.84 Å². The molecule has 2 rings (SSSR count). The number of benzene rings is 1. The number of sulfone groups is 1. The molecular formula is C16H26N2O2S. The molecule has 1 heterocycles. The Morgan fingerprint density at radius 3 is 2.33 bits per heavy atom. The molecule has 1 N–H and O–H groups in total. The molecule has 0 amide bonds. The second kappa shape index (κ2) is 6.90. The van der Waals surface area contributed by atoms with Crippen molar-refractivity contribution in [1.82, 2.24) is 10.2 Å². The first-order chi connectivity index (χ1) is 9.86. The van der Waals surface area contributed by atoms with Gasteiger partial charge in [-0.25, -0.2) is 8.42 Å². The van der Waals surface area contributed by atoms with Crippen molar-refractivity contribution in [3.05, 3.63) is 29.8 Å². The number of rotatable bonds is 5. The van der Waals surface area contributed by atoms with E-state index in [1.165, 1.54) is 32.2 Å². The zero-order chi connectivity index (χ0) is 15.5. The van der Waals surface area contributed by atoms with Crippen molar-refractivity contribution in [3.8, 4) is 0 Å². The molecule has 1 saturated heterocycles. The standard InChI is InChI=1S/C16H26N2O2S/c1-13(17-12-14-8-10-18(2)11-9-14)15-4-6-16(7-5-15)21(3,19)20/h4-7,13-14,17H,8-12H2,1-3H3. The second-order valence-corrected chi connectivity index (χ2v) is 8.23.